The number of ether oxygens (including phenoxy) is 2. The van der Waals surface area contributed by atoms with Crippen LogP contribution in [0.1, 0.15) is 18.4 Å². The van der Waals surface area contributed by atoms with Crippen molar-refractivity contribution in [2.24, 2.45) is 0 Å². The fraction of sp³-hybridized carbons (Fsp3) is 0.240. The number of rotatable bonds is 6. The van der Waals surface area contributed by atoms with E-state index in [1.165, 1.54) is 25.3 Å². The number of sulfonamides is 1. The lowest BCUT2D eigenvalue weighted by atomic mass is 10.0. The van der Waals surface area contributed by atoms with Gasteiger partial charge in [-0.3, -0.25) is 9.10 Å². The third-order valence-corrected chi connectivity index (χ3v) is 7.55. The number of carbonyl (C=O) groups is 1. The van der Waals surface area contributed by atoms with E-state index in [9.17, 15) is 35.2 Å². The summed E-state index contributed by atoms with van der Waals surface area (Å²) in [7, 11) is -3.39. The monoisotopic (exact) mass is 541 g/mol. The van der Waals surface area contributed by atoms with Gasteiger partial charge >= 0.3 is 12.1 Å². The van der Waals surface area contributed by atoms with Gasteiger partial charge < -0.3 is 9.47 Å². The molecule has 0 radical (unpaired) electrons. The number of nitrogens with zero attached hydrogens (tertiary/aromatic N) is 1. The standard InChI is InChI=1S/C25H20F5NO5S/c1-35-24(32)10-7-18-14-31(37(33,34)19-4-2-3-16(12-19)25(28,29)30)22-11-15(5-9-23(22)36-18)20-13-17(26)6-8-21(20)27/h2-6,8-9,11-13,18H,7,10,14H2,1H3/t18-/m0/s1. The molecule has 0 amide bonds. The topological polar surface area (TPSA) is 72.9 Å². The Morgan fingerprint density at radius 1 is 1.08 bits per heavy atom. The van der Waals surface area contributed by atoms with Gasteiger partial charge in [0.2, 0.25) is 0 Å². The Labute approximate surface area is 209 Å². The second kappa shape index (κ2) is 10.0. The molecule has 12 heteroatoms. The first-order chi connectivity index (χ1) is 17.4. The normalized spacial score (nSPS) is 15.6. The number of esters is 1. The van der Waals surface area contributed by atoms with Crippen LogP contribution in [0.5, 0.6) is 5.75 Å². The van der Waals surface area contributed by atoms with Crippen LogP contribution < -0.4 is 9.04 Å². The van der Waals surface area contributed by atoms with Gasteiger partial charge in [-0.1, -0.05) is 12.1 Å². The van der Waals surface area contributed by atoms with Crippen molar-refractivity contribution in [3.05, 3.63) is 77.9 Å². The van der Waals surface area contributed by atoms with Crippen LogP contribution in [0.3, 0.4) is 0 Å². The van der Waals surface area contributed by atoms with Crippen molar-refractivity contribution < 1.29 is 44.6 Å². The number of hydrogen-bond donors (Lipinski definition) is 0. The summed E-state index contributed by atoms with van der Waals surface area (Å²) in [6.07, 6.45) is -5.66. The zero-order valence-corrected chi connectivity index (χ0v) is 20.1. The highest BCUT2D eigenvalue weighted by Crippen LogP contribution is 2.41. The lowest BCUT2D eigenvalue weighted by Crippen LogP contribution is -2.43. The third-order valence-electron chi connectivity index (χ3n) is 5.78. The van der Waals surface area contributed by atoms with Crippen LogP contribution in [-0.2, 0) is 25.7 Å². The molecule has 6 nitrogen and oxygen atoms in total. The first kappa shape index (κ1) is 26.4. The van der Waals surface area contributed by atoms with Crippen LogP contribution in [0.2, 0.25) is 0 Å². The molecule has 3 aromatic carbocycles. The minimum absolute atomic E-state index is 0.0391. The van der Waals surface area contributed by atoms with Crippen molar-refractivity contribution in [3.8, 4) is 16.9 Å². The third kappa shape index (κ3) is 5.53. The number of hydrogen-bond acceptors (Lipinski definition) is 5. The van der Waals surface area contributed by atoms with Crippen molar-refractivity contribution in [1.29, 1.82) is 0 Å². The highest BCUT2D eigenvalue weighted by Gasteiger charge is 2.37. The number of alkyl halides is 3. The molecule has 1 heterocycles. The molecule has 4 rings (SSSR count). The fourth-order valence-corrected chi connectivity index (χ4v) is 5.46. The molecule has 1 aliphatic rings. The van der Waals surface area contributed by atoms with E-state index in [-0.39, 0.29) is 42.0 Å². The minimum Gasteiger partial charge on any atom is -0.486 e. The molecule has 0 spiro atoms. The summed E-state index contributed by atoms with van der Waals surface area (Å²) in [5, 5.41) is 0. The highest BCUT2D eigenvalue weighted by atomic mass is 32.2. The van der Waals surface area contributed by atoms with E-state index in [0.29, 0.717) is 6.07 Å². The van der Waals surface area contributed by atoms with E-state index >= 15 is 0 Å². The molecule has 1 aliphatic heterocycles. The maximum absolute atomic E-state index is 14.4. The Bertz CT molecular complexity index is 1440. The SMILES string of the molecule is COC(=O)CC[C@H]1CN(S(=O)(=O)c2cccc(C(F)(F)F)c2)c2cc(-c3cc(F)ccc3F)ccc2O1. The summed E-state index contributed by atoms with van der Waals surface area (Å²) in [6, 6.07) is 10.1. The maximum Gasteiger partial charge on any atom is 0.416 e. The quantitative estimate of drug-likeness (QED) is 0.302. The number of anilines is 1. The number of halogens is 5. The lowest BCUT2D eigenvalue weighted by Gasteiger charge is -2.36. The average Bonchev–Trinajstić information content (AvgIpc) is 2.87. The molecule has 0 N–H and O–H groups in total. The minimum atomic E-state index is -4.78. The van der Waals surface area contributed by atoms with Gasteiger partial charge in [0, 0.05) is 12.0 Å². The molecular formula is C25H20F5NO5S. The smallest absolute Gasteiger partial charge is 0.416 e. The van der Waals surface area contributed by atoms with Crippen molar-refractivity contribution in [3.63, 3.8) is 0 Å². The molecule has 196 valence electrons. The second-order valence-electron chi connectivity index (χ2n) is 8.22. The Hall–Kier alpha value is -3.67. The molecular weight excluding hydrogens is 521 g/mol. The van der Waals surface area contributed by atoms with E-state index in [0.717, 1.165) is 40.7 Å². The fourth-order valence-electron chi connectivity index (χ4n) is 3.92. The molecule has 1 atom stereocenters. The first-order valence-corrected chi connectivity index (χ1v) is 12.4. The van der Waals surface area contributed by atoms with Gasteiger partial charge in [0.25, 0.3) is 10.0 Å². The Morgan fingerprint density at radius 3 is 2.54 bits per heavy atom. The van der Waals surface area contributed by atoms with Crippen molar-refractivity contribution in [1.82, 2.24) is 0 Å². The molecule has 37 heavy (non-hydrogen) atoms. The van der Waals surface area contributed by atoms with Crippen molar-refractivity contribution in [2.45, 2.75) is 30.0 Å². The Balaban J connectivity index is 1.82. The second-order valence-corrected chi connectivity index (χ2v) is 10.1. The van der Waals surface area contributed by atoms with Crippen LogP contribution in [0.25, 0.3) is 11.1 Å². The molecule has 0 fully saturated rings. The predicted octanol–water partition coefficient (Wildman–Crippen LogP) is 5.56. The number of methoxy groups -OCH3 is 1. The van der Waals surface area contributed by atoms with Gasteiger partial charge in [0.05, 0.1) is 29.8 Å². The van der Waals surface area contributed by atoms with E-state index < -0.39 is 50.4 Å². The van der Waals surface area contributed by atoms with Crippen LogP contribution in [0.4, 0.5) is 27.6 Å². The van der Waals surface area contributed by atoms with Crippen LogP contribution >= 0.6 is 0 Å². The summed E-state index contributed by atoms with van der Waals surface area (Å²) in [6.45, 7) is -0.350. The van der Waals surface area contributed by atoms with Gasteiger partial charge in [-0.05, 0) is 60.5 Å². The summed E-state index contributed by atoms with van der Waals surface area (Å²) in [5.74, 6) is -2.00. The summed E-state index contributed by atoms with van der Waals surface area (Å²) < 4.78 is 107. The average molecular weight is 541 g/mol. The maximum atomic E-state index is 14.4. The Morgan fingerprint density at radius 2 is 1.84 bits per heavy atom. The van der Waals surface area contributed by atoms with Crippen LogP contribution in [0, 0.1) is 11.6 Å². The van der Waals surface area contributed by atoms with Gasteiger partial charge in [0.1, 0.15) is 23.5 Å². The van der Waals surface area contributed by atoms with E-state index in [4.69, 9.17) is 4.74 Å². The first-order valence-electron chi connectivity index (χ1n) is 10.9. The summed E-state index contributed by atoms with van der Waals surface area (Å²) in [4.78, 5) is 11.0. The zero-order valence-electron chi connectivity index (χ0n) is 19.3. The van der Waals surface area contributed by atoms with E-state index in [1.807, 2.05) is 0 Å². The number of benzene rings is 3. The summed E-state index contributed by atoms with van der Waals surface area (Å²) in [5.41, 5.74) is -1.25. The number of fused-ring (bicyclic) bond motifs is 1. The highest BCUT2D eigenvalue weighted by molar-refractivity contribution is 7.92. The number of carbonyl (C=O) groups excluding carboxylic acids is 1. The van der Waals surface area contributed by atoms with Crippen LogP contribution in [-0.4, -0.2) is 34.1 Å². The molecule has 0 bridgehead atoms. The molecule has 3 aromatic rings. The van der Waals surface area contributed by atoms with Gasteiger partial charge in [-0.15, -0.1) is 0 Å². The van der Waals surface area contributed by atoms with Crippen molar-refractivity contribution >= 4 is 21.7 Å². The van der Waals surface area contributed by atoms with Crippen LogP contribution in [0.15, 0.2) is 65.6 Å². The van der Waals surface area contributed by atoms with E-state index in [1.54, 1.807) is 0 Å². The van der Waals surface area contributed by atoms with Crippen molar-refractivity contribution in [2.75, 3.05) is 18.0 Å². The zero-order chi connectivity index (χ0) is 27.0. The molecule has 0 aliphatic carbocycles. The van der Waals surface area contributed by atoms with Gasteiger partial charge in [-0.25, -0.2) is 17.2 Å². The Kier molecular flexibility index (Phi) is 7.13. The molecule has 0 saturated carbocycles. The van der Waals surface area contributed by atoms with Gasteiger partial charge in [-0.2, -0.15) is 13.2 Å². The molecule has 0 saturated heterocycles. The lowest BCUT2D eigenvalue weighted by molar-refractivity contribution is -0.141. The van der Waals surface area contributed by atoms with E-state index in [2.05, 4.69) is 4.74 Å². The largest absolute Gasteiger partial charge is 0.486 e. The molecule has 0 aromatic heterocycles. The summed E-state index contributed by atoms with van der Waals surface area (Å²) >= 11 is 0. The van der Waals surface area contributed by atoms with Gasteiger partial charge in [0.15, 0.2) is 0 Å². The molecule has 0 unspecified atom stereocenters. The predicted molar refractivity (Wildman–Crippen MR) is 123 cm³/mol.